The van der Waals surface area contributed by atoms with Crippen LogP contribution >= 0.6 is 0 Å². The summed E-state index contributed by atoms with van der Waals surface area (Å²) in [6, 6.07) is 10.4. The molecule has 6 nitrogen and oxygen atoms in total. The molecule has 3 rings (SSSR count). The summed E-state index contributed by atoms with van der Waals surface area (Å²) < 4.78 is 38.9. The van der Waals surface area contributed by atoms with Gasteiger partial charge in [0.25, 0.3) is 0 Å². The van der Waals surface area contributed by atoms with Gasteiger partial charge in [-0.15, -0.1) is 0 Å². The third kappa shape index (κ3) is 2.81. The van der Waals surface area contributed by atoms with E-state index < -0.39 is 21.7 Å². The Labute approximate surface area is 141 Å². The average Bonchev–Trinajstić information content (AvgIpc) is 2.78. The molecule has 0 spiro atoms. The van der Waals surface area contributed by atoms with Crippen LogP contribution in [0.15, 0.2) is 47.4 Å². The van der Waals surface area contributed by atoms with Crippen LogP contribution in [0.2, 0.25) is 0 Å². The summed E-state index contributed by atoms with van der Waals surface area (Å²) in [5.74, 6) is 0.766. The molecule has 2 aromatic rings. The lowest BCUT2D eigenvalue weighted by molar-refractivity contribution is 0.105. The van der Waals surface area contributed by atoms with Gasteiger partial charge in [0.15, 0.2) is 0 Å². The van der Waals surface area contributed by atoms with Crippen molar-refractivity contribution < 1.29 is 23.0 Å². The molecule has 1 heterocycles. The number of ether oxygens (including phenoxy) is 2. The molecule has 0 fully saturated rings. The number of phenolic OH excluding ortho intramolecular Hbond substituents is 1. The summed E-state index contributed by atoms with van der Waals surface area (Å²) in [6.07, 6.45) is 0. The molecular weight excluding hydrogens is 330 g/mol. The second kappa shape index (κ2) is 5.68. The van der Waals surface area contributed by atoms with Gasteiger partial charge in [-0.05, 0) is 26.0 Å². The fourth-order valence-corrected chi connectivity index (χ4v) is 4.16. The predicted molar refractivity (Wildman–Crippen MR) is 88.9 cm³/mol. The molecule has 0 saturated carbocycles. The van der Waals surface area contributed by atoms with E-state index in [4.69, 9.17) is 9.47 Å². The first-order valence-corrected chi connectivity index (χ1v) is 8.90. The highest BCUT2D eigenvalue weighted by Crippen LogP contribution is 2.49. The van der Waals surface area contributed by atoms with Gasteiger partial charge in [0.05, 0.1) is 23.6 Å². The molecule has 0 saturated heterocycles. The van der Waals surface area contributed by atoms with Gasteiger partial charge < -0.3 is 14.6 Å². The molecule has 128 valence electrons. The molecule has 0 aliphatic carbocycles. The molecule has 24 heavy (non-hydrogen) atoms. The zero-order chi connectivity index (χ0) is 17.5. The number of rotatable bonds is 4. The van der Waals surface area contributed by atoms with Crippen LogP contribution in [-0.2, 0) is 10.0 Å². The van der Waals surface area contributed by atoms with E-state index in [0.717, 1.165) is 0 Å². The van der Waals surface area contributed by atoms with Crippen molar-refractivity contribution >= 4 is 10.0 Å². The molecule has 0 radical (unpaired) electrons. The Balaban J connectivity index is 2.03. The Morgan fingerprint density at radius 2 is 1.88 bits per heavy atom. The van der Waals surface area contributed by atoms with Gasteiger partial charge >= 0.3 is 0 Å². The lowest BCUT2D eigenvalue weighted by Crippen LogP contribution is -2.41. The SMILES string of the molecule is COc1cc(O)c2c(c1)OC(C)(C)C2NS(=O)(=O)c1ccccc1. The Morgan fingerprint density at radius 1 is 1.21 bits per heavy atom. The summed E-state index contributed by atoms with van der Waals surface area (Å²) in [5, 5.41) is 10.3. The second-order valence-electron chi connectivity index (χ2n) is 6.13. The molecule has 1 aliphatic rings. The van der Waals surface area contributed by atoms with Crippen LogP contribution in [0.4, 0.5) is 0 Å². The predicted octanol–water partition coefficient (Wildman–Crippen LogP) is 2.59. The minimum atomic E-state index is -3.76. The fourth-order valence-electron chi connectivity index (χ4n) is 2.79. The van der Waals surface area contributed by atoms with Gasteiger partial charge in [0.1, 0.15) is 22.8 Å². The smallest absolute Gasteiger partial charge is 0.241 e. The van der Waals surface area contributed by atoms with Crippen molar-refractivity contribution in [2.75, 3.05) is 7.11 Å². The zero-order valence-corrected chi connectivity index (χ0v) is 14.4. The summed E-state index contributed by atoms with van der Waals surface area (Å²) in [6.45, 7) is 3.52. The highest BCUT2D eigenvalue weighted by atomic mass is 32.2. The van der Waals surface area contributed by atoms with Crippen LogP contribution in [0, 0.1) is 0 Å². The van der Waals surface area contributed by atoms with Crippen molar-refractivity contribution in [2.24, 2.45) is 0 Å². The van der Waals surface area contributed by atoms with E-state index >= 15 is 0 Å². The third-order valence-electron chi connectivity index (χ3n) is 4.01. The molecule has 0 aromatic heterocycles. The second-order valence-corrected chi connectivity index (χ2v) is 7.85. The molecule has 1 aliphatic heterocycles. The number of aromatic hydroxyl groups is 1. The number of sulfonamides is 1. The number of hydrogen-bond acceptors (Lipinski definition) is 5. The first-order chi connectivity index (χ1) is 11.2. The van der Waals surface area contributed by atoms with Crippen LogP contribution in [0.3, 0.4) is 0 Å². The number of methoxy groups -OCH3 is 1. The highest BCUT2D eigenvalue weighted by Gasteiger charge is 2.45. The average molecular weight is 349 g/mol. The molecular formula is C17H19NO5S. The van der Waals surface area contributed by atoms with Gasteiger partial charge in [0, 0.05) is 12.1 Å². The molecule has 2 N–H and O–H groups in total. The molecule has 2 aromatic carbocycles. The summed E-state index contributed by atoms with van der Waals surface area (Å²) >= 11 is 0. The summed E-state index contributed by atoms with van der Waals surface area (Å²) in [5.41, 5.74) is -0.464. The largest absolute Gasteiger partial charge is 0.507 e. The van der Waals surface area contributed by atoms with E-state index in [9.17, 15) is 13.5 Å². The number of fused-ring (bicyclic) bond motifs is 1. The van der Waals surface area contributed by atoms with Crippen LogP contribution < -0.4 is 14.2 Å². The molecule has 0 bridgehead atoms. The lowest BCUT2D eigenvalue weighted by Gasteiger charge is -2.27. The molecule has 7 heteroatoms. The van der Waals surface area contributed by atoms with Crippen molar-refractivity contribution in [3.05, 3.63) is 48.0 Å². The number of hydrogen-bond donors (Lipinski definition) is 2. The standard InChI is InChI=1S/C17H19NO5S/c1-17(2)16(18-24(20,21)12-7-5-4-6-8-12)15-13(19)9-11(22-3)10-14(15)23-17/h4-10,16,18-19H,1-3H3. The Bertz CT molecular complexity index is 862. The van der Waals surface area contributed by atoms with E-state index in [1.165, 1.54) is 25.3 Å². The van der Waals surface area contributed by atoms with E-state index in [1.807, 2.05) is 0 Å². The highest BCUT2D eigenvalue weighted by molar-refractivity contribution is 7.89. The number of nitrogens with one attached hydrogen (secondary N) is 1. The van der Waals surface area contributed by atoms with Gasteiger partial charge in [0.2, 0.25) is 10.0 Å². The number of phenols is 1. The molecule has 1 atom stereocenters. The van der Waals surface area contributed by atoms with Gasteiger partial charge in [-0.3, -0.25) is 0 Å². The van der Waals surface area contributed by atoms with E-state index in [-0.39, 0.29) is 10.6 Å². The van der Waals surface area contributed by atoms with Crippen LogP contribution in [0.5, 0.6) is 17.2 Å². The van der Waals surface area contributed by atoms with Crippen LogP contribution in [0.25, 0.3) is 0 Å². The summed E-state index contributed by atoms with van der Waals surface area (Å²) in [7, 11) is -2.28. The Morgan fingerprint density at radius 3 is 2.50 bits per heavy atom. The Hall–Kier alpha value is -2.25. The normalized spacial score (nSPS) is 18.7. The Kier molecular flexibility index (Phi) is 3.93. The van der Waals surface area contributed by atoms with Crippen LogP contribution in [0.1, 0.15) is 25.5 Å². The maximum Gasteiger partial charge on any atom is 0.241 e. The van der Waals surface area contributed by atoms with Gasteiger partial charge in [-0.2, -0.15) is 4.72 Å². The molecule has 0 amide bonds. The first kappa shape index (κ1) is 16.6. The third-order valence-corrected chi connectivity index (χ3v) is 5.45. The topological polar surface area (TPSA) is 84.9 Å². The maximum atomic E-state index is 12.6. The lowest BCUT2D eigenvalue weighted by atomic mass is 9.95. The van der Waals surface area contributed by atoms with Crippen molar-refractivity contribution in [2.45, 2.75) is 30.4 Å². The number of benzene rings is 2. The van der Waals surface area contributed by atoms with Crippen molar-refractivity contribution in [1.82, 2.24) is 4.72 Å². The monoisotopic (exact) mass is 349 g/mol. The van der Waals surface area contributed by atoms with Gasteiger partial charge in [-0.1, -0.05) is 18.2 Å². The van der Waals surface area contributed by atoms with E-state index in [2.05, 4.69) is 4.72 Å². The van der Waals surface area contributed by atoms with Crippen molar-refractivity contribution in [3.63, 3.8) is 0 Å². The van der Waals surface area contributed by atoms with E-state index in [0.29, 0.717) is 17.1 Å². The van der Waals surface area contributed by atoms with E-state index in [1.54, 1.807) is 38.1 Å². The van der Waals surface area contributed by atoms with Crippen LogP contribution in [-0.4, -0.2) is 26.2 Å². The molecule has 1 unspecified atom stereocenters. The van der Waals surface area contributed by atoms with Gasteiger partial charge in [-0.25, -0.2) is 8.42 Å². The zero-order valence-electron chi connectivity index (χ0n) is 13.6. The minimum Gasteiger partial charge on any atom is -0.507 e. The maximum absolute atomic E-state index is 12.6. The van der Waals surface area contributed by atoms with Crippen molar-refractivity contribution in [3.8, 4) is 17.2 Å². The first-order valence-electron chi connectivity index (χ1n) is 7.42. The minimum absolute atomic E-state index is 0.0734. The summed E-state index contributed by atoms with van der Waals surface area (Å²) in [4.78, 5) is 0.155. The van der Waals surface area contributed by atoms with Crippen molar-refractivity contribution in [1.29, 1.82) is 0 Å². The fraction of sp³-hybridized carbons (Fsp3) is 0.294. The quantitative estimate of drug-likeness (QED) is 0.886.